The van der Waals surface area contributed by atoms with Gasteiger partial charge in [-0.25, -0.2) is 0 Å². The second kappa shape index (κ2) is 6.85. The molecule has 29 heavy (non-hydrogen) atoms. The first-order valence-corrected chi connectivity index (χ1v) is 13.1. The maximum atomic E-state index is 10.4. The monoisotopic (exact) mass is 398 g/mol. The summed E-state index contributed by atoms with van der Waals surface area (Å²) in [6.45, 7) is 12.7. The molecule has 1 nitrogen and oxygen atoms in total. The number of rotatable bonds is 5. The number of hydrogen-bond donors (Lipinski definition) is 1. The summed E-state index contributed by atoms with van der Waals surface area (Å²) in [7, 11) is 0. The molecule has 0 unspecified atom stereocenters. The molecule has 0 heterocycles. The average Bonchev–Trinajstić information content (AvgIpc) is 3.22. The molecule has 0 radical (unpaired) electrons. The standard InChI is InChI=1S/C28H46O/c1-18(2)7-6-8-19(3)23-9-10-24-22-15-20-16-28(20)17-21(29)11-14-27(28,5)25(22)12-13-26(23,24)4/h15,18-21,23-25,29H,6-14,16-17H2,1-5H3/t19-,20-,21+,23-,24+,25+,26-,27-,28-/m1/s1. The highest BCUT2D eigenvalue weighted by Crippen LogP contribution is 2.78. The molecule has 0 bridgehead atoms. The first-order chi connectivity index (χ1) is 13.7. The molecule has 1 heteroatoms. The smallest absolute Gasteiger partial charge is 0.0546 e. The molecular weight excluding hydrogens is 352 g/mol. The number of fused-ring (bicyclic) bond motifs is 4. The summed E-state index contributed by atoms with van der Waals surface area (Å²) >= 11 is 0. The Bertz CT molecular complexity index is 678. The Hall–Kier alpha value is -0.300. The quantitative estimate of drug-likeness (QED) is 0.479. The molecule has 0 aliphatic heterocycles. The van der Waals surface area contributed by atoms with Crippen molar-refractivity contribution in [3.05, 3.63) is 11.6 Å². The first-order valence-electron chi connectivity index (χ1n) is 13.1. The van der Waals surface area contributed by atoms with Gasteiger partial charge in [0.05, 0.1) is 6.10 Å². The lowest BCUT2D eigenvalue weighted by atomic mass is 9.47. The van der Waals surface area contributed by atoms with Crippen LogP contribution in [0.1, 0.15) is 105 Å². The molecule has 4 fully saturated rings. The summed E-state index contributed by atoms with van der Waals surface area (Å²) in [4.78, 5) is 0. The van der Waals surface area contributed by atoms with Gasteiger partial charge in [0, 0.05) is 0 Å². The Kier molecular flexibility index (Phi) is 4.86. The van der Waals surface area contributed by atoms with Gasteiger partial charge in [0.1, 0.15) is 0 Å². The third-order valence-electron chi connectivity index (χ3n) is 11.3. The molecule has 0 saturated heterocycles. The molecule has 4 saturated carbocycles. The van der Waals surface area contributed by atoms with E-state index in [9.17, 15) is 5.11 Å². The fourth-order valence-electron chi connectivity index (χ4n) is 9.61. The minimum atomic E-state index is -0.0283. The van der Waals surface area contributed by atoms with Crippen LogP contribution in [0.15, 0.2) is 11.6 Å². The number of aliphatic hydroxyl groups is 1. The largest absolute Gasteiger partial charge is 0.393 e. The minimum Gasteiger partial charge on any atom is -0.393 e. The zero-order valence-corrected chi connectivity index (χ0v) is 19.8. The van der Waals surface area contributed by atoms with Crippen LogP contribution in [-0.2, 0) is 0 Å². The van der Waals surface area contributed by atoms with Crippen molar-refractivity contribution in [2.24, 2.45) is 51.8 Å². The topological polar surface area (TPSA) is 20.2 Å². The Balaban J connectivity index is 1.37. The van der Waals surface area contributed by atoms with Crippen molar-refractivity contribution in [2.75, 3.05) is 0 Å². The minimum absolute atomic E-state index is 0.0283. The van der Waals surface area contributed by atoms with E-state index in [1.54, 1.807) is 0 Å². The van der Waals surface area contributed by atoms with E-state index in [1.807, 2.05) is 5.57 Å². The van der Waals surface area contributed by atoms with Crippen molar-refractivity contribution in [1.29, 1.82) is 0 Å². The van der Waals surface area contributed by atoms with Crippen LogP contribution in [0.25, 0.3) is 0 Å². The highest BCUT2D eigenvalue weighted by molar-refractivity contribution is 5.36. The first kappa shape index (κ1) is 20.6. The lowest BCUT2D eigenvalue weighted by Gasteiger charge is -2.58. The molecule has 1 N–H and O–H groups in total. The summed E-state index contributed by atoms with van der Waals surface area (Å²) in [5.41, 5.74) is 3.41. The SMILES string of the molecule is CC(C)CCC[C@@H](C)[C@H]1CC[C@H]2C3=C[C@@H]4C[C@@]45C[C@@H](O)CC[C@]5(C)[C@H]3CC[C@]12C. The van der Waals surface area contributed by atoms with E-state index in [4.69, 9.17) is 0 Å². The van der Waals surface area contributed by atoms with Gasteiger partial charge < -0.3 is 5.11 Å². The Morgan fingerprint density at radius 3 is 2.52 bits per heavy atom. The van der Waals surface area contributed by atoms with Gasteiger partial charge in [-0.3, -0.25) is 0 Å². The number of hydrogen-bond acceptors (Lipinski definition) is 1. The van der Waals surface area contributed by atoms with E-state index < -0.39 is 0 Å². The van der Waals surface area contributed by atoms with E-state index in [1.165, 1.54) is 57.8 Å². The molecular formula is C28H46O. The van der Waals surface area contributed by atoms with Gasteiger partial charge in [-0.15, -0.1) is 0 Å². The van der Waals surface area contributed by atoms with Gasteiger partial charge >= 0.3 is 0 Å². The van der Waals surface area contributed by atoms with Crippen LogP contribution in [0.2, 0.25) is 0 Å². The van der Waals surface area contributed by atoms with Gasteiger partial charge in [-0.2, -0.15) is 0 Å². The van der Waals surface area contributed by atoms with Gasteiger partial charge in [-0.05, 0) is 103 Å². The number of aliphatic hydroxyl groups excluding tert-OH is 1. The predicted molar refractivity (Wildman–Crippen MR) is 121 cm³/mol. The molecule has 0 aromatic heterocycles. The molecule has 0 aromatic rings. The van der Waals surface area contributed by atoms with Gasteiger partial charge in [0.2, 0.25) is 0 Å². The van der Waals surface area contributed by atoms with E-state index >= 15 is 0 Å². The van der Waals surface area contributed by atoms with Crippen molar-refractivity contribution >= 4 is 0 Å². The van der Waals surface area contributed by atoms with E-state index in [2.05, 4.69) is 40.7 Å². The second-order valence-electron chi connectivity index (χ2n) is 13.1. The number of allylic oxidation sites excluding steroid dienone is 2. The molecule has 5 rings (SSSR count). The van der Waals surface area contributed by atoms with E-state index in [0.29, 0.717) is 16.2 Å². The Labute approximate surface area is 180 Å². The molecule has 0 aromatic carbocycles. The Morgan fingerprint density at radius 2 is 1.76 bits per heavy atom. The lowest BCUT2D eigenvalue weighted by Crippen LogP contribution is -2.51. The van der Waals surface area contributed by atoms with Crippen LogP contribution in [0, 0.1) is 51.8 Å². The zero-order valence-electron chi connectivity index (χ0n) is 19.8. The van der Waals surface area contributed by atoms with Crippen LogP contribution in [0.3, 0.4) is 0 Å². The van der Waals surface area contributed by atoms with E-state index in [0.717, 1.165) is 48.3 Å². The lowest BCUT2D eigenvalue weighted by molar-refractivity contribution is -0.0598. The van der Waals surface area contributed by atoms with Gasteiger partial charge in [0.25, 0.3) is 0 Å². The molecule has 5 aliphatic carbocycles. The van der Waals surface area contributed by atoms with Crippen molar-refractivity contribution < 1.29 is 5.11 Å². The fourth-order valence-corrected chi connectivity index (χ4v) is 9.61. The van der Waals surface area contributed by atoms with Crippen molar-refractivity contribution in [2.45, 2.75) is 111 Å². The molecule has 1 spiro atoms. The molecule has 0 amide bonds. The van der Waals surface area contributed by atoms with Crippen LogP contribution in [0.5, 0.6) is 0 Å². The molecule has 5 aliphatic rings. The van der Waals surface area contributed by atoms with Crippen molar-refractivity contribution in [3.8, 4) is 0 Å². The van der Waals surface area contributed by atoms with Gasteiger partial charge in [0.15, 0.2) is 0 Å². The fraction of sp³-hybridized carbons (Fsp3) is 0.929. The maximum absolute atomic E-state index is 10.4. The summed E-state index contributed by atoms with van der Waals surface area (Å²) < 4.78 is 0. The van der Waals surface area contributed by atoms with Crippen LogP contribution in [-0.4, -0.2) is 11.2 Å². The summed E-state index contributed by atoms with van der Waals surface area (Å²) in [6.07, 6.45) is 17.6. The summed E-state index contributed by atoms with van der Waals surface area (Å²) in [5, 5.41) is 10.4. The maximum Gasteiger partial charge on any atom is 0.0546 e. The van der Waals surface area contributed by atoms with Crippen molar-refractivity contribution in [1.82, 2.24) is 0 Å². The third-order valence-corrected chi connectivity index (χ3v) is 11.3. The van der Waals surface area contributed by atoms with Crippen LogP contribution in [0.4, 0.5) is 0 Å². The Morgan fingerprint density at radius 1 is 0.966 bits per heavy atom. The summed E-state index contributed by atoms with van der Waals surface area (Å²) in [5.74, 6) is 5.16. The second-order valence-corrected chi connectivity index (χ2v) is 13.1. The van der Waals surface area contributed by atoms with Crippen LogP contribution < -0.4 is 0 Å². The molecule has 9 atom stereocenters. The zero-order chi connectivity index (χ0) is 20.6. The van der Waals surface area contributed by atoms with Gasteiger partial charge in [-0.1, -0.05) is 65.5 Å². The third kappa shape index (κ3) is 2.88. The van der Waals surface area contributed by atoms with E-state index in [-0.39, 0.29) is 6.10 Å². The van der Waals surface area contributed by atoms with Crippen molar-refractivity contribution in [3.63, 3.8) is 0 Å². The normalized spacial score (nSPS) is 51.6. The molecule has 164 valence electrons. The van der Waals surface area contributed by atoms with Crippen LogP contribution >= 0.6 is 0 Å². The highest BCUT2D eigenvalue weighted by atomic mass is 16.3. The summed E-state index contributed by atoms with van der Waals surface area (Å²) in [6, 6.07) is 0. The average molecular weight is 399 g/mol. The highest BCUT2D eigenvalue weighted by Gasteiger charge is 2.71. The predicted octanol–water partition coefficient (Wildman–Crippen LogP) is 7.39.